The molecular formula is C11H17BrN2. The second kappa shape index (κ2) is 5.35. The molecular weight excluding hydrogens is 240 g/mol. The number of aryl methyl sites for hydroxylation is 1. The number of nitrogens with one attached hydrogen (secondary N) is 1. The summed E-state index contributed by atoms with van der Waals surface area (Å²) < 4.78 is 0.922. The van der Waals surface area contributed by atoms with Gasteiger partial charge in [-0.15, -0.1) is 0 Å². The Hall–Kier alpha value is -0.570. The van der Waals surface area contributed by atoms with Crippen LogP contribution < -0.4 is 5.32 Å². The Balaban J connectivity index is 2.63. The molecule has 0 bridgehead atoms. The number of hydrogen-bond donors (Lipinski definition) is 1. The molecule has 0 saturated heterocycles. The van der Waals surface area contributed by atoms with E-state index in [1.807, 2.05) is 13.1 Å². The topological polar surface area (TPSA) is 24.9 Å². The molecule has 1 heterocycles. The first-order valence-corrected chi connectivity index (χ1v) is 5.81. The van der Waals surface area contributed by atoms with Crippen molar-refractivity contribution < 1.29 is 0 Å². The maximum atomic E-state index is 4.25. The fourth-order valence-corrected chi connectivity index (χ4v) is 1.64. The Morgan fingerprint density at radius 2 is 2.29 bits per heavy atom. The molecule has 14 heavy (non-hydrogen) atoms. The molecule has 0 spiro atoms. The van der Waals surface area contributed by atoms with Gasteiger partial charge in [-0.2, -0.15) is 0 Å². The molecule has 1 atom stereocenters. The number of nitrogens with zero attached hydrogens (tertiary/aromatic N) is 1. The van der Waals surface area contributed by atoms with Gasteiger partial charge in [-0.05, 0) is 47.8 Å². The smallest absolute Gasteiger partial charge is 0.109 e. The van der Waals surface area contributed by atoms with Crippen LogP contribution in [0.25, 0.3) is 0 Å². The van der Waals surface area contributed by atoms with Gasteiger partial charge in [0.1, 0.15) is 4.60 Å². The highest BCUT2D eigenvalue weighted by Gasteiger charge is 2.02. The van der Waals surface area contributed by atoms with Crippen LogP contribution in [0.4, 0.5) is 5.69 Å². The van der Waals surface area contributed by atoms with Crippen LogP contribution >= 0.6 is 15.9 Å². The van der Waals surface area contributed by atoms with Crippen LogP contribution in [0.15, 0.2) is 16.9 Å². The minimum absolute atomic E-state index is 0.516. The lowest BCUT2D eigenvalue weighted by molar-refractivity contribution is 0.690. The third-order valence-electron chi connectivity index (χ3n) is 2.15. The zero-order valence-electron chi connectivity index (χ0n) is 8.97. The van der Waals surface area contributed by atoms with Gasteiger partial charge in [0.15, 0.2) is 0 Å². The summed E-state index contributed by atoms with van der Waals surface area (Å²) in [4.78, 5) is 4.25. The molecule has 0 fully saturated rings. The van der Waals surface area contributed by atoms with Crippen LogP contribution in [0.5, 0.6) is 0 Å². The van der Waals surface area contributed by atoms with Gasteiger partial charge < -0.3 is 5.32 Å². The Labute approximate surface area is 94.3 Å². The van der Waals surface area contributed by atoms with Crippen molar-refractivity contribution in [3.05, 3.63) is 22.4 Å². The van der Waals surface area contributed by atoms with Crippen molar-refractivity contribution in [2.75, 3.05) is 5.32 Å². The molecule has 1 aromatic rings. The average Bonchev–Trinajstić information content (AvgIpc) is 2.12. The molecule has 0 saturated carbocycles. The summed E-state index contributed by atoms with van der Waals surface area (Å²) in [5.41, 5.74) is 2.27. The molecule has 0 aliphatic heterocycles. The summed E-state index contributed by atoms with van der Waals surface area (Å²) in [7, 11) is 0. The van der Waals surface area contributed by atoms with Gasteiger partial charge in [0.2, 0.25) is 0 Å². The monoisotopic (exact) mass is 256 g/mol. The van der Waals surface area contributed by atoms with Crippen molar-refractivity contribution in [3.63, 3.8) is 0 Å². The van der Waals surface area contributed by atoms with Crippen LogP contribution in [-0.4, -0.2) is 11.0 Å². The average molecular weight is 257 g/mol. The van der Waals surface area contributed by atoms with Crippen molar-refractivity contribution in [1.29, 1.82) is 0 Å². The van der Waals surface area contributed by atoms with E-state index in [-0.39, 0.29) is 0 Å². The van der Waals surface area contributed by atoms with E-state index in [9.17, 15) is 0 Å². The highest BCUT2D eigenvalue weighted by Crippen LogP contribution is 2.17. The molecule has 78 valence electrons. The van der Waals surface area contributed by atoms with Gasteiger partial charge in [-0.3, -0.25) is 0 Å². The van der Waals surface area contributed by atoms with E-state index in [4.69, 9.17) is 0 Å². The standard InChI is InChI=1S/C11H17BrN2/c1-4-5-9(3)14-10-6-8(2)11(12)13-7-10/h6-7,9,14H,4-5H2,1-3H3. The van der Waals surface area contributed by atoms with Crippen molar-refractivity contribution in [2.45, 2.75) is 39.7 Å². The van der Waals surface area contributed by atoms with E-state index in [1.165, 1.54) is 18.4 Å². The number of anilines is 1. The van der Waals surface area contributed by atoms with Crippen LogP contribution in [0, 0.1) is 6.92 Å². The van der Waals surface area contributed by atoms with E-state index in [2.05, 4.69) is 46.1 Å². The molecule has 0 radical (unpaired) electrons. The predicted octanol–water partition coefficient (Wildman–Crippen LogP) is 3.75. The SMILES string of the molecule is CCCC(C)Nc1cnc(Br)c(C)c1. The minimum atomic E-state index is 0.516. The van der Waals surface area contributed by atoms with Gasteiger partial charge in [0.05, 0.1) is 11.9 Å². The zero-order chi connectivity index (χ0) is 10.6. The van der Waals surface area contributed by atoms with Crippen LogP contribution in [0.1, 0.15) is 32.3 Å². The number of pyridine rings is 1. The lowest BCUT2D eigenvalue weighted by Crippen LogP contribution is -2.14. The Morgan fingerprint density at radius 3 is 2.86 bits per heavy atom. The predicted molar refractivity (Wildman–Crippen MR) is 64.7 cm³/mol. The van der Waals surface area contributed by atoms with E-state index in [0.29, 0.717) is 6.04 Å². The minimum Gasteiger partial charge on any atom is -0.381 e. The summed E-state index contributed by atoms with van der Waals surface area (Å²) in [5.74, 6) is 0. The van der Waals surface area contributed by atoms with Crippen LogP contribution in [0.2, 0.25) is 0 Å². The molecule has 0 amide bonds. The van der Waals surface area contributed by atoms with E-state index in [0.717, 1.165) is 10.3 Å². The first-order valence-electron chi connectivity index (χ1n) is 5.02. The Kier molecular flexibility index (Phi) is 4.39. The number of halogens is 1. The summed E-state index contributed by atoms with van der Waals surface area (Å²) in [6.07, 6.45) is 4.26. The Bertz CT molecular complexity index is 299. The van der Waals surface area contributed by atoms with E-state index < -0.39 is 0 Å². The van der Waals surface area contributed by atoms with Gasteiger partial charge in [-0.25, -0.2) is 4.98 Å². The maximum Gasteiger partial charge on any atom is 0.109 e. The normalized spacial score (nSPS) is 12.6. The zero-order valence-corrected chi connectivity index (χ0v) is 10.6. The fraction of sp³-hybridized carbons (Fsp3) is 0.545. The van der Waals surface area contributed by atoms with Gasteiger partial charge in [0, 0.05) is 6.04 Å². The molecule has 2 nitrogen and oxygen atoms in total. The molecule has 0 aliphatic rings. The first-order chi connectivity index (χ1) is 6.63. The van der Waals surface area contributed by atoms with E-state index in [1.54, 1.807) is 0 Å². The second-order valence-electron chi connectivity index (χ2n) is 3.67. The molecule has 1 rings (SSSR count). The van der Waals surface area contributed by atoms with Gasteiger partial charge in [-0.1, -0.05) is 13.3 Å². The molecule has 3 heteroatoms. The maximum absolute atomic E-state index is 4.25. The van der Waals surface area contributed by atoms with Crippen molar-refractivity contribution in [2.24, 2.45) is 0 Å². The third kappa shape index (κ3) is 3.29. The van der Waals surface area contributed by atoms with Crippen LogP contribution in [0.3, 0.4) is 0 Å². The summed E-state index contributed by atoms with van der Waals surface area (Å²) >= 11 is 3.39. The van der Waals surface area contributed by atoms with E-state index >= 15 is 0 Å². The lowest BCUT2D eigenvalue weighted by atomic mass is 10.2. The Morgan fingerprint density at radius 1 is 1.57 bits per heavy atom. The molecule has 1 N–H and O–H groups in total. The third-order valence-corrected chi connectivity index (χ3v) is 2.98. The number of aromatic nitrogens is 1. The van der Waals surface area contributed by atoms with Gasteiger partial charge in [0.25, 0.3) is 0 Å². The molecule has 1 unspecified atom stereocenters. The second-order valence-corrected chi connectivity index (χ2v) is 4.42. The fourth-order valence-electron chi connectivity index (χ4n) is 1.43. The van der Waals surface area contributed by atoms with Crippen LogP contribution in [-0.2, 0) is 0 Å². The molecule has 0 aromatic carbocycles. The molecule has 0 aliphatic carbocycles. The number of hydrogen-bond acceptors (Lipinski definition) is 2. The first kappa shape index (κ1) is 11.5. The van der Waals surface area contributed by atoms with Gasteiger partial charge >= 0.3 is 0 Å². The van der Waals surface area contributed by atoms with Crippen molar-refractivity contribution in [3.8, 4) is 0 Å². The quantitative estimate of drug-likeness (QED) is 0.831. The largest absolute Gasteiger partial charge is 0.381 e. The van der Waals surface area contributed by atoms with Crippen molar-refractivity contribution >= 4 is 21.6 Å². The summed E-state index contributed by atoms with van der Waals surface area (Å²) in [6, 6.07) is 2.63. The highest BCUT2D eigenvalue weighted by molar-refractivity contribution is 9.10. The summed E-state index contributed by atoms with van der Waals surface area (Å²) in [5, 5.41) is 3.43. The summed E-state index contributed by atoms with van der Waals surface area (Å²) in [6.45, 7) is 6.44. The highest BCUT2D eigenvalue weighted by atomic mass is 79.9. The molecule has 1 aromatic heterocycles. The van der Waals surface area contributed by atoms with Crippen molar-refractivity contribution in [1.82, 2.24) is 4.98 Å². The number of rotatable bonds is 4. The lowest BCUT2D eigenvalue weighted by Gasteiger charge is -2.14.